The van der Waals surface area contributed by atoms with Crippen molar-refractivity contribution in [2.45, 2.75) is 32.7 Å². The Kier molecular flexibility index (Phi) is 4.23. The second-order valence-corrected chi connectivity index (χ2v) is 5.95. The van der Waals surface area contributed by atoms with Gasteiger partial charge in [-0.1, -0.05) is 18.2 Å². The maximum absolute atomic E-state index is 12.9. The predicted molar refractivity (Wildman–Crippen MR) is 89.1 cm³/mol. The molecule has 2 nitrogen and oxygen atoms in total. The van der Waals surface area contributed by atoms with E-state index in [-0.39, 0.29) is 5.82 Å². The monoisotopic (exact) mass is 296 g/mol. The van der Waals surface area contributed by atoms with Crippen LogP contribution in [0.15, 0.2) is 47.5 Å². The molecule has 0 fully saturated rings. The number of halogens is 1. The van der Waals surface area contributed by atoms with Crippen LogP contribution in [0.1, 0.15) is 30.0 Å². The van der Waals surface area contributed by atoms with Crippen molar-refractivity contribution in [2.24, 2.45) is 4.99 Å². The molecule has 1 aliphatic rings. The van der Waals surface area contributed by atoms with E-state index in [0.717, 1.165) is 23.6 Å². The van der Waals surface area contributed by atoms with E-state index < -0.39 is 0 Å². The zero-order chi connectivity index (χ0) is 15.5. The highest BCUT2D eigenvalue weighted by Gasteiger charge is 2.11. The van der Waals surface area contributed by atoms with Crippen molar-refractivity contribution in [3.05, 3.63) is 65.0 Å². The standard InChI is InChI=1S/C19H21FN2/c1-14(22(2)13-15-6-9-18(20)10-7-15)21-19-11-8-16-4-3-5-17(16)12-19/h6-12H,3-5,13H2,1-2H3. The fraction of sp³-hybridized carbons (Fsp3) is 0.316. The Morgan fingerprint density at radius 3 is 2.59 bits per heavy atom. The maximum Gasteiger partial charge on any atom is 0.123 e. The summed E-state index contributed by atoms with van der Waals surface area (Å²) in [6.45, 7) is 2.73. The van der Waals surface area contributed by atoms with E-state index in [0.29, 0.717) is 0 Å². The summed E-state index contributed by atoms with van der Waals surface area (Å²) in [5.41, 5.74) is 5.00. The first-order valence-electron chi connectivity index (χ1n) is 7.74. The fourth-order valence-corrected chi connectivity index (χ4v) is 2.88. The van der Waals surface area contributed by atoms with Crippen LogP contribution in [0.5, 0.6) is 0 Å². The molecular weight excluding hydrogens is 275 g/mol. The molecule has 3 rings (SSSR count). The zero-order valence-corrected chi connectivity index (χ0v) is 13.1. The van der Waals surface area contributed by atoms with Gasteiger partial charge in [0, 0.05) is 13.6 Å². The van der Waals surface area contributed by atoms with Gasteiger partial charge >= 0.3 is 0 Å². The van der Waals surface area contributed by atoms with E-state index in [2.05, 4.69) is 23.1 Å². The Morgan fingerprint density at radius 2 is 1.82 bits per heavy atom. The molecule has 22 heavy (non-hydrogen) atoms. The van der Waals surface area contributed by atoms with E-state index in [1.54, 1.807) is 0 Å². The second-order valence-electron chi connectivity index (χ2n) is 5.95. The van der Waals surface area contributed by atoms with Gasteiger partial charge in [0.05, 0.1) is 5.69 Å². The molecule has 0 bridgehead atoms. The minimum absolute atomic E-state index is 0.199. The van der Waals surface area contributed by atoms with Crippen LogP contribution >= 0.6 is 0 Å². The van der Waals surface area contributed by atoms with Crippen LogP contribution in [-0.4, -0.2) is 17.8 Å². The lowest BCUT2D eigenvalue weighted by Crippen LogP contribution is -2.23. The van der Waals surface area contributed by atoms with Crippen molar-refractivity contribution in [2.75, 3.05) is 7.05 Å². The lowest BCUT2D eigenvalue weighted by molar-refractivity contribution is 0.497. The molecule has 0 amide bonds. The molecule has 1 aliphatic carbocycles. The maximum atomic E-state index is 12.9. The predicted octanol–water partition coefficient (Wildman–Crippen LogP) is 4.50. The third-order valence-electron chi connectivity index (χ3n) is 4.26. The van der Waals surface area contributed by atoms with Gasteiger partial charge in [-0.2, -0.15) is 0 Å². The number of aryl methyl sites for hydroxylation is 2. The van der Waals surface area contributed by atoms with Crippen LogP contribution < -0.4 is 0 Å². The molecule has 2 aromatic carbocycles. The first-order valence-corrected chi connectivity index (χ1v) is 7.74. The van der Waals surface area contributed by atoms with Crippen LogP contribution in [0.2, 0.25) is 0 Å². The molecule has 0 saturated carbocycles. The van der Waals surface area contributed by atoms with Gasteiger partial charge in [-0.25, -0.2) is 9.38 Å². The molecule has 0 saturated heterocycles. The topological polar surface area (TPSA) is 15.6 Å². The van der Waals surface area contributed by atoms with E-state index in [9.17, 15) is 4.39 Å². The summed E-state index contributed by atoms with van der Waals surface area (Å²) in [5, 5.41) is 0. The lowest BCUT2D eigenvalue weighted by Gasteiger charge is -2.19. The summed E-state index contributed by atoms with van der Waals surface area (Å²) in [6.07, 6.45) is 3.62. The Balaban J connectivity index is 1.71. The van der Waals surface area contributed by atoms with Crippen LogP contribution in [0.3, 0.4) is 0 Å². The van der Waals surface area contributed by atoms with Crippen molar-refractivity contribution in [1.82, 2.24) is 4.90 Å². The van der Waals surface area contributed by atoms with E-state index in [1.165, 1.54) is 42.5 Å². The van der Waals surface area contributed by atoms with Gasteiger partial charge in [0.25, 0.3) is 0 Å². The van der Waals surface area contributed by atoms with Gasteiger partial charge in [0.1, 0.15) is 11.7 Å². The van der Waals surface area contributed by atoms with Gasteiger partial charge < -0.3 is 4.90 Å². The van der Waals surface area contributed by atoms with Crippen molar-refractivity contribution in [3.8, 4) is 0 Å². The van der Waals surface area contributed by atoms with Crippen molar-refractivity contribution < 1.29 is 4.39 Å². The molecule has 3 heteroatoms. The van der Waals surface area contributed by atoms with Gasteiger partial charge in [-0.15, -0.1) is 0 Å². The summed E-state index contributed by atoms with van der Waals surface area (Å²) >= 11 is 0. The van der Waals surface area contributed by atoms with Crippen LogP contribution in [0.25, 0.3) is 0 Å². The Labute approximate surface area is 131 Å². The number of benzene rings is 2. The van der Waals surface area contributed by atoms with Crippen molar-refractivity contribution >= 4 is 11.5 Å². The van der Waals surface area contributed by atoms with Crippen LogP contribution in [0.4, 0.5) is 10.1 Å². The molecule has 0 atom stereocenters. The molecule has 0 spiro atoms. The highest BCUT2D eigenvalue weighted by molar-refractivity contribution is 5.82. The number of hydrogen-bond donors (Lipinski definition) is 0. The summed E-state index contributed by atoms with van der Waals surface area (Å²) in [5.74, 6) is 0.761. The summed E-state index contributed by atoms with van der Waals surface area (Å²) in [7, 11) is 2.01. The average Bonchev–Trinajstić information content (AvgIpc) is 2.97. The largest absolute Gasteiger partial charge is 0.359 e. The molecule has 114 valence electrons. The quantitative estimate of drug-likeness (QED) is 0.601. The Hall–Kier alpha value is -2.16. The van der Waals surface area contributed by atoms with E-state index in [4.69, 9.17) is 4.99 Å². The number of fused-ring (bicyclic) bond motifs is 1. The first-order chi connectivity index (χ1) is 10.6. The molecule has 0 heterocycles. The number of amidine groups is 1. The number of nitrogens with zero attached hydrogens (tertiary/aromatic N) is 2. The molecule has 0 aliphatic heterocycles. The molecule has 0 aromatic heterocycles. The SMILES string of the molecule is CC(=Nc1ccc2c(c1)CCC2)N(C)Cc1ccc(F)cc1. The molecule has 0 unspecified atom stereocenters. The third kappa shape index (κ3) is 3.35. The fourth-order valence-electron chi connectivity index (χ4n) is 2.88. The zero-order valence-electron chi connectivity index (χ0n) is 13.1. The van der Waals surface area contributed by atoms with Gasteiger partial charge in [0.2, 0.25) is 0 Å². The molecule has 2 aromatic rings. The Bertz CT molecular complexity index is 689. The third-order valence-corrected chi connectivity index (χ3v) is 4.26. The molecular formula is C19H21FN2. The summed E-state index contributed by atoms with van der Waals surface area (Å²) < 4.78 is 12.9. The minimum Gasteiger partial charge on any atom is -0.359 e. The first kappa shape index (κ1) is 14.8. The number of rotatable bonds is 3. The van der Waals surface area contributed by atoms with Gasteiger partial charge in [-0.3, -0.25) is 0 Å². The lowest BCUT2D eigenvalue weighted by atomic mass is 10.1. The minimum atomic E-state index is -0.199. The molecule has 0 radical (unpaired) electrons. The summed E-state index contributed by atoms with van der Waals surface area (Å²) in [4.78, 5) is 6.80. The molecule has 0 N–H and O–H groups in total. The number of aliphatic imine (C=N–C) groups is 1. The summed E-state index contributed by atoms with van der Waals surface area (Å²) in [6, 6.07) is 13.1. The second kappa shape index (κ2) is 6.30. The number of hydrogen-bond acceptors (Lipinski definition) is 1. The highest BCUT2D eigenvalue weighted by Crippen LogP contribution is 2.26. The normalized spacial score (nSPS) is 14.0. The van der Waals surface area contributed by atoms with E-state index in [1.807, 2.05) is 26.1 Å². The van der Waals surface area contributed by atoms with Gasteiger partial charge in [-0.05, 0) is 67.1 Å². The van der Waals surface area contributed by atoms with E-state index >= 15 is 0 Å². The highest BCUT2D eigenvalue weighted by atomic mass is 19.1. The van der Waals surface area contributed by atoms with Crippen molar-refractivity contribution in [3.63, 3.8) is 0 Å². The Morgan fingerprint density at radius 1 is 1.09 bits per heavy atom. The van der Waals surface area contributed by atoms with Crippen molar-refractivity contribution in [1.29, 1.82) is 0 Å². The van der Waals surface area contributed by atoms with Crippen LogP contribution in [0, 0.1) is 5.82 Å². The van der Waals surface area contributed by atoms with Gasteiger partial charge in [0.15, 0.2) is 0 Å². The average molecular weight is 296 g/mol. The van der Waals surface area contributed by atoms with Crippen LogP contribution in [-0.2, 0) is 19.4 Å². The smallest absolute Gasteiger partial charge is 0.123 e.